The molecule has 2 rings (SSSR count). The molecule has 1 aromatic rings. The first-order valence-electron chi connectivity index (χ1n) is 5.31. The molecule has 0 radical (unpaired) electrons. The Balaban J connectivity index is 2.10. The summed E-state index contributed by atoms with van der Waals surface area (Å²) in [7, 11) is 0. The summed E-state index contributed by atoms with van der Waals surface area (Å²) >= 11 is 5.91. The van der Waals surface area contributed by atoms with Crippen LogP contribution in [0.15, 0.2) is 18.2 Å². The zero-order chi connectivity index (χ0) is 10.8. The van der Waals surface area contributed by atoms with Crippen molar-refractivity contribution in [3.8, 4) is 0 Å². The van der Waals surface area contributed by atoms with Gasteiger partial charge in [0.05, 0.1) is 12.1 Å². The Morgan fingerprint density at radius 3 is 2.87 bits per heavy atom. The second-order valence-corrected chi connectivity index (χ2v) is 4.51. The van der Waals surface area contributed by atoms with E-state index in [1.54, 1.807) is 0 Å². The Morgan fingerprint density at radius 2 is 2.27 bits per heavy atom. The Hall–Kier alpha value is -0.730. The van der Waals surface area contributed by atoms with E-state index in [4.69, 9.17) is 16.3 Å². The standard InChI is InChI=1S/C12H16ClNO/c1-8-7-10(13)3-4-11(8)14-12-5-6-15-9(12)2/h3-4,7,9,12,14H,5-6H2,1-2H3/t9-,12+/m1/s1. The second-order valence-electron chi connectivity index (χ2n) is 4.07. The van der Waals surface area contributed by atoms with Gasteiger partial charge in [0.25, 0.3) is 0 Å². The van der Waals surface area contributed by atoms with Gasteiger partial charge in [0.1, 0.15) is 0 Å². The quantitative estimate of drug-likeness (QED) is 0.835. The first-order valence-corrected chi connectivity index (χ1v) is 5.69. The van der Waals surface area contributed by atoms with Crippen LogP contribution in [0, 0.1) is 6.92 Å². The number of rotatable bonds is 2. The SMILES string of the molecule is Cc1cc(Cl)ccc1N[C@H]1CCO[C@@H]1C. The van der Waals surface area contributed by atoms with Gasteiger partial charge in [-0.1, -0.05) is 11.6 Å². The van der Waals surface area contributed by atoms with Gasteiger partial charge in [0.15, 0.2) is 0 Å². The molecule has 3 heteroatoms. The van der Waals surface area contributed by atoms with E-state index in [1.807, 2.05) is 18.2 Å². The minimum atomic E-state index is 0.292. The molecule has 2 atom stereocenters. The molecular formula is C12H16ClNO. The van der Waals surface area contributed by atoms with E-state index in [2.05, 4.69) is 19.2 Å². The third-order valence-corrected chi connectivity index (χ3v) is 3.14. The van der Waals surface area contributed by atoms with Crippen molar-refractivity contribution in [2.45, 2.75) is 32.4 Å². The normalized spacial score (nSPS) is 25.5. The van der Waals surface area contributed by atoms with Crippen molar-refractivity contribution in [3.05, 3.63) is 28.8 Å². The van der Waals surface area contributed by atoms with Crippen LogP contribution in [0.4, 0.5) is 5.69 Å². The molecule has 1 N–H and O–H groups in total. The number of anilines is 1. The monoisotopic (exact) mass is 225 g/mol. The molecule has 15 heavy (non-hydrogen) atoms. The van der Waals surface area contributed by atoms with Gasteiger partial charge in [-0.2, -0.15) is 0 Å². The maximum absolute atomic E-state index is 5.91. The molecule has 1 aromatic carbocycles. The van der Waals surface area contributed by atoms with E-state index in [9.17, 15) is 0 Å². The summed E-state index contributed by atoms with van der Waals surface area (Å²) in [4.78, 5) is 0. The summed E-state index contributed by atoms with van der Waals surface area (Å²) in [6, 6.07) is 6.34. The molecular weight excluding hydrogens is 210 g/mol. The average molecular weight is 226 g/mol. The van der Waals surface area contributed by atoms with Gasteiger partial charge < -0.3 is 10.1 Å². The Kier molecular flexibility index (Phi) is 3.17. The lowest BCUT2D eigenvalue weighted by molar-refractivity contribution is 0.121. The summed E-state index contributed by atoms with van der Waals surface area (Å²) in [5.74, 6) is 0. The van der Waals surface area contributed by atoms with Crippen LogP contribution in [0.2, 0.25) is 5.02 Å². The van der Waals surface area contributed by atoms with Crippen molar-refractivity contribution in [1.82, 2.24) is 0 Å². The molecule has 82 valence electrons. The summed E-state index contributed by atoms with van der Waals surface area (Å²) in [5, 5.41) is 4.29. The van der Waals surface area contributed by atoms with Crippen LogP contribution in [0.3, 0.4) is 0 Å². The van der Waals surface area contributed by atoms with Crippen molar-refractivity contribution in [3.63, 3.8) is 0 Å². The number of benzene rings is 1. The van der Waals surface area contributed by atoms with E-state index in [-0.39, 0.29) is 0 Å². The lowest BCUT2D eigenvalue weighted by atomic mass is 10.1. The maximum Gasteiger partial charge on any atom is 0.0748 e. The van der Waals surface area contributed by atoms with E-state index < -0.39 is 0 Å². The van der Waals surface area contributed by atoms with Crippen LogP contribution >= 0.6 is 11.6 Å². The first-order chi connectivity index (χ1) is 7.16. The van der Waals surface area contributed by atoms with E-state index in [0.29, 0.717) is 12.1 Å². The second kappa shape index (κ2) is 4.42. The summed E-state index contributed by atoms with van der Waals surface area (Å²) in [6.07, 6.45) is 1.36. The van der Waals surface area contributed by atoms with Gasteiger partial charge in [-0.3, -0.25) is 0 Å². The molecule has 2 nitrogen and oxygen atoms in total. The predicted octanol–water partition coefficient (Wildman–Crippen LogP) is 3.24. The van der Waals surface area contributed by atoms with Crippen LogP contribution in [-0.2, 0) is 4.74 Å². The maximum atomic E-state index is 5.91. The highest BCUT2D eigenvalue weighted by Crippen LogP contribution is 2.23. The Morgan fingerprint density at radius 1 is 1.47 bits per heavy atom. The van der Waals surface area contributed by atoms with Gasteiger partial charge >= 0.3 is 0 Å². The molecule has 1 saturated heterocycles. The molecule has 0 amide bonds. The number of halogens is 1. The largest absolute Gasteiger partial charge is 0.379 e. The van der Waals surface area contributed by atoms with Gasteiger partial charge in [-0.05, 0) is 44.0 Å². The molecule has 0 aromatic heterocycles. The van der Waals surface area contributed by atoms with E-state index >= 15 is 0 Å². The average Bonchev–Trinajstić information content (AvgIpc) is 2.57. The lowest BCUT2D eigenvalue weighted by Gasteiger charge is -2.18. The highest BCUT2D eigenvalue weighted by atomic mass is 35.5. The third-order valence-electron chi connectivity index (χ3n) is 2.91. The fourth-order valence-electron chi connectivity index (χ4n) is 1.91. The van der Waals surface area contributed by atoms with Crippen molar-refractivity contribution in [2.24, 2.45) is 0 Å². The molecule has 0 saturated carbocycles. The fraction of sp³-hybridized carbons (Fsp3) is 0.500. The predicted molar refractivity (Wildman–Crippen MR) is 63.6 cm³/mol. The molecule has 1 fully saturated rings. The highest BCUT2D eigenvalue weighted by Gasteiger charge is 2.24. The van der Waals surface area contributed by atoms with Crippen molar-refractivity contribution in [2.75, 3.05) is 11.9 Å². The number of hydrogen-bond donors (Lipinski definition) is 1. The molecule has 0 unspecified atom stereocenters. The van der Waals surface area contributed by atoms with E-state index in [0.717, 1.165) is 23.7 Å². The zero-order valence-electron chi connectivity index (χ0n) is 9.09. The van der Waals surface area contributed by atoms with Gasteiger partial charge in [0.2, 0.25) is 0 Å². The van der Waals surface area contributed by atoms with Crippen LogP contribution < -0.4 is 5.32 Å². The number of ether oxygens (including phenoxy) is 1. The first kappa shape index (κ1) is 10.8. The number of hydrogen-bond acceptors (Lipinski definition) is 2. The summed E-state index contributed by atoms with van der Waals surface area (Å²) in [6.45, 7) is 5.02. The van der Waals surface area contributed by atoms with Crippen LogP contribution in [0.1, 0.15) is 18.9 Å². The molecule has 1 aliphatic rings. The van der Waals surface area contributed by atoms with Gasteiger partial charge in [-0.25, -0.2) is 0 Å². The van der Waals surface area contributed by atoms with Crippen LogP contribution in [-0.4, -0.2) is 18.8 Å². The molecule has 1 aliphatic heterocycles. The minimum absolute atomic E-state index is 0.292. The van der Waals surface area contributed by atoms with Gasteiger partial charge in [0, 0.05) is 17.3 Å². The highest BCUT2D eigenvalue weighted by molar-refractivity contribution is 6.30. The topological polar surface area (TPSA) is 21.3 Å². The number of aryl methyl sites for hydroxylation is 1. The minimum Gasteiger partial charge on any atom is -0.379 e. The van der Waals surface area contributed by atoms with Crippen molar-refractivity contribution in [1.29, 1.82) is 0 Å². The van der Waals surface area contributed by atoms with Gasteiger partial charge in [-0.15, -0.1) is 0 Å². The van der Waals surface area contributed by atoms with Crippen LogP contribution in [0.25, 0.3) is 0 Å². The van der Waals surface area contributed by atoms with Crippen molar-refractivity contribution >= 4 is 17.3 Å². The zero-order valence-corrected chi connectivity index (χ0v) is 9.84. The number of nitrogens with one attached hydrogen (secondary N) is 1. The lowest BCUT2D eigenvalue weighted by Crippen LogP contribution is -2.26. The Bertz CT molecular complexity index is 353. The fourth-order valence-corrected chi connectivity index (χ4v) is 2.14. The van der Waals surface area contributed by atoms with Crippen LogP contribution in [0.5, 0.6) is 0 Å². The molecule has 0 aliphatic carbocycles. The van der Waals surface area contributed by atoms with E-state index in [1.165, 1.54) is 5.56 Å². The van der Waals surface area contributed by atoms with Crippen molar-refractivity contribution < 1.29 is 4.74 Å². The smallest absolute Gasteiger partial charge is 0.0748 e. The summed E-state index contributed by atoms with van der Waals surface area (Å²) < 4.78 is 5.51. The molecule has 1 heterocycles. The summed E-state index contributed by atoms with van der Waals surface area (Å²) in [5.41, 5.74) is 2.34. The Labute approximate surface area is 95.6 Å². The third kappa shape index (κ3) is 2.44. The molecule has 0 spiro atoms. The molecule has 0 bridgehead atoms.